The molecule has 1 saturated heterocycles. The molecular weight excluding hydrogens is 402 g/mol. The Morgan fingerprint density at radius 3 is 2.48 bits per heavy atom. The van der Waals surface area contributed by atoms with E-state index in [0.717, 1.165) is 17.7 Å². The molecule has 162 valence electrons. The average molecular weight is 426 g/mol. The van der Waals surface area contributed by atoms with Crippen LogP contribution in [0, 0.1) is 17.6 Å². The van der Waals surface area contributed by atoms with E-state index in [2.05, 4.69) is 41.4 Å². The summed E-state index contributed by atoms with van der Waals surface area (Å²) in [6.07, 6.45) is 1.13. The minimum absolute atomic E-state index is 0.0149. The number of amides is 1. The average Bonchev–Trinajstić information content (AvgIpc) is 3.26. The maximum atomic E-state index is 13.8. The van der Waals surface area contributed by atoms with E-state index in [9.17, 15) is 13.6 Å². The summed E-state index contributed by atoms with van der Waals surface area (Å²) >= 11 is 0. The normalized spacial score (nSPS) is 14.8. The highest BCUT2D eigenvalue weighted by Crippen LogP contribution is 2.27. The number of carbonyl (C=O) groups is 1. The Labute approximate surface area is 179 Å². The van der Waals surface area contributed by atoms with Crippen molar-refractivity contribution < 1.29 is 18.1 Å². The Balaban J connectivity index is 1.35. The van der Waals surface area contributed by atoms with Crippen molar-refractivity contribution in [3.05, 3.63) is 59.7 Å². The molecule has 1 aromatic heterocycles. The molecule has 6 nitrogen and oxygen atoms in total. The number of aromatic nitrogens is 2. The first kappa shape index (κ1) is 21.0. The van der Waals surface area contributed by atoms with E-state index in [1.165, 1.54) is 11.6 Å². The lowest BCUT2D eigenvalue weighted by molar-refractivity contribution is -0.120. The van der Waals surface area contributed by atoms with E-state index >= 15 is 0 Å². The molecule has 8 heteroatoms. The number of piperidine rings is 1. The number of anilines is 2. The predicted molar refractivity (Wildman–Crippen MR) is 114 cm³/mol. The van der Waals surface area contributed by atoms with Gasteiger partial charge in [-0.05, 0) is 36.5 Å². The third-order valence-electron chi connectivity index (χ3n) is 5.58. The van der Waals surface area contributed by atoms with Gasteiger partial charge < -0.3 is 14.7 Å². The first-order chi connectivity index (χ1) is 14.9. The Kier molecular flexibility index (Phi) is 5.97. The molecule has 0 unspecified atom stereocenters. The molecule has 1 N–H and O–H groups in total. The zero-order valence-corrected chi connectivity index (χ0v) is 17.4. The number of rotatable bonds is 5. The maximum Gasteiger partial charge on any atom is 0.324 e. The first-order valence-electron chi connectivity index (χ1n) is 10.4. The number of halogens is 2. The minimum Gasteiger partial charge on any atom is -0.324 e. The fourth-order valence-corrected chi connectivity index (χ4v) is 3.64. The van der Waals surface area contributed by atoms with Gasteiger partial charge in [-0.15, -0.1) is 0 Å². The van der Waals surface area contributed by atoms with Gasteiger partial charge in [0.05, 0.1) is 5.69 Å². The van der Waals surface area contributed by atoms with Gasteiger partial charge >= 0.3 is 6.01 Å². The summed E-state index contributed by atoms with van der Waals surface area (Å²) in [6, 6.07) is 11.6. The first-order valence-corrected chi connectivity index (χ1v) is 10.4. The highest BCUT2D eigenvalue weighted by Gasteiger charge is 2.28. The van der Waals surface area contributed by atoms with E-state index in [1.54, 1.807) is 0 Å². The fraction of sp³-hybridized carbons (Fsp3) is 0.348. The zero-order valence-electron chi connectivity index (χ0n) is 17.4. The van der Waals surface area contributed by atoms with Gasteiger partial charge in [0.1, 0.15) is 11.6 Å². The van der Waals surface area contributed by atoms with Crippen molar-refractivity contribution in [1.29, 1.82) is 0 Å². The third kappa shape index (κ3) is 4.73. The van der Waals surface area contributed by atoms with Crippen LogP contribution >= 0.6 is 0 Å². The van der Waals surface area contributed by atoms with E-state index in [1.807, 2.05) is 17.0 Å². The summed E-state index contributed by atoms with van der Waals surface area (Å²) in [4.78, 5) is 18.9. The molecule has 0 atom stereocenters. The zero-order chi connectivity index (χ0) is 22.0. The van der Waals surface area contributed by atoms with Crippen molar-refractivity contribution >= 4 is 17.6 Å². The Morgan fingerprint density at radius 1 is 1.13 bits per heavy atom. The standard InChI is InChI=1S/C23H24F2N4O2/c1-14(2)15-3-5-16(6-4-15)21-27-23(31-28-21)29-11-9-17(10-12-29)22(30)26-20-8-7-18(24)13-19(20)25/h3-8,13-14,17H,9-12H2,1-2H3,(H,26,30). The Hall–Kier alpha value is -3.29. The molecule has 4 rings (SSSR count). The lowest BCUT2D eigenvalue weighted by Gasteiger charge is -2.29. The van der Waals surface area contributed by atoms with Crippen LogP contribution in [-0.4, -0.2) is 29.1 Å². The highest BCUT2D eigenvalue weighted by atomic mass is 19.1. The van der Waals surface area contributed by atoms with Crippen LogP contribution in [0.3, 0.4) is 0 Å². The quantitative estimate of drug-likeness (QED) is 0.622. The molecule has 0 saturated carbocycles. The van der Waals surface area contributed by atoms with Crippen LogP contribution in [0.15, 0.2) is 47.0 Å². The molecular formula is C23H24F2N4O2. The number of hydrogen-bond acceptors (Lipinski definition) is 5. The molecule has 0 spiro atoms. The number of hydrogen-bond donors (Lipinski definition) is 1. The van der Waals surface area contributed by atoms with Crippen LogP contribution in [-0.2, 0) is 4.79 Å². The van der Waals surface area contributed by atoms with Gasteiger partial charge in [0.25, 0.3) is 0 Å². The molecule has 1 amide bonds. The molecule has 31 heavy (non-hydrogen) atoms. The van der Waals surface area contributed by atoms with Gasteiger partial charge in [-0.25, -0.2) is 8.78 Å². The van der Waals surface area contributed by atoms with Gasteiger partial charge in [0.2, 0.25) is 11.7 Å². The van der Waals surface area contributed by atoms with Crippen molar-refractivity contribution in [3.8, 4) is 11.4 Å². The van der Waals surface area contributed by atoms with Gasteiger partial charge in [-0.1, -0.05) is 43.3 Å². The van der Waals surface area contributed by atoms with Crippen LogP contribution in [0.2, 0.25) is 0 Å². The van der Waals surface area contributed by atoms with Crippen molar-refractivity contribution in [1.82, 2.24) is 10.1 Å². The van der Waals surface area contributed by atoms with Crippen molar-refractivity contribution in [2.24, 2.45) is 5.92 Å². The monoisotopic (exact) mass is 426 g/mol. The number of benzene rings is 2. The molecule has 1 aliphatic heterocycles. The molecule has 2 heterocycles. The molecule has 2 aromatic carbocycles. The molecule has 0 aliphatic carbocycles. The lowest BCUT2D eigenvalue weighted by atomic mass is 9.96. The summed E-state index contributed by atoms with van der Waals surface area (Å²) in [5.41, 5.74) is 2.11. The van der Waals surface area contributed by atoms with Gasteiger partial charge in [-0.2, -0.15) is 4.98 Å². The number of nitrogens with one attached hydrogen (secondary N) is 1. The Bertz CT molecular complexity index is 1060. The topological polar surface area (TPSA) is 71.3 Å². The van der Waals surface area contributed by atoms with E-state index in [4.69, 9.17) is 4.52 Å². The fourth-order valence-electron chi connectivity index (χ4n) is 3.64. The van der Waals surface area contributed by atoms with E-state index < -0.39 is 11.6 Å². The smallest absolute Gasteiger partial charge is 0.324 e. The summed E-state index contributed by atoms with van der Waals surface area (Å²) in [5, 5.41) is 6.63. The van der Waals surface area contributed by atoms with E-state index in [-0.39, 0.29) is 17.5 Å². The molecule has 0 bridgehead atoms. The van der Waals surface area contributed by atoms with Crippen molar-refractivity contribution in [3.63, 3.8) is 0 Å². The van der Waals surface area contributed by atoms with Gasteiger partial charge in [-0.3, -0.25) is 4.79 Å². The molecule has 1 aliphatic rings. The third-order valence-corrected chi connectivity index (χ3v) is 5.58. The lowest BCUT2D eigenvalue weighted by Crippen LogP contribution is -2.38. The maximum absolute atomic E-state index is 13.8. The second kappa shape index (κ2) is 8.83. The second-order valence-corrected chi connectivity index (χ2v) is 8.05. The van der Waals surface area contributed by atoms with Crippen LogP contribution in [0.1, 0.15) is 38.2 Å². The largest absolute Gasteiger partial charge is 0.324 e. The van der Waals surface area contributed by atoms with Crippen LogP contribution in [0.4, 0.5) is 20.5 Å². The molecule has 1 fully saturated rings. The van der Waals surface area contributed by atoms with E-state index in [0.29, 0.717) is 43.7 Å². The summed E-state index contributed by atoms with van der Waals surface area (Å²) in [7, 11) is 0. The summed E-state index contributed by atoms with van der Waals surface area (Å²) in [5.74, 6) is -1.04. The predicted octanol–water partition coefficient (Wildman–Crippen LogP) is 4.99. The van der Waals surface area contributed by atoms with Crippen LogP contribution < -0.4 is 10.2 Å². The van der Waals surface area contributed by atoms with Crippen LogP contribution in [0.25, 0.3) is 11.4 Å². The van der Waals surface area contributed by atoms with Crippen molar-refractivity contribution in [2.45, 2.75) is 32.6 Å². The Morgan fingerprint density at radius 2 is 1.84 bits per heavy atom. The van der Waals surface area contributed by atoms with Gasteiger partial charge in [0, 0.05) is 30.6 Å². The molecule has 0 radical (unpaired) electrons. The SMILES string of the molecule is CC(C)c1ccc(-c2noc(N3CCC(C(=O)Nc4ccc(F)cc4F)CC3)n2)cc1. The number of nitrogens with zero attached hydrogens (tertiary/aromatic N) is 3. The van der Waals surface area contributed by atoms with Crippen molar-refractivity contribution in [2.75, 3.05) is 23.3 Å². The highest BCUT2D eigenvalue weighted by molar-refractivity contribution is 5.92. The summed E-state index contributed by atoms with van der Waals surface area (Å²) < 4.78 is 32.2. The second-order valence-electron chi connectivity index (χ2n) is 8.05. The number of carbonyl (C=O) groups excluding carboxylic acids is 1. The molecule has 3 aromatic rings. The van der Waals surface area contributed by atoms with Gasteiger partial charge in [0.15, 0.2) is 0 Å². The summed E-state index contributed by atoms with van der Waals surface area (Å²) in [6.45, 7) is 5.42. The van der Waals surface area contributed by atoms with Crippen LogP contribution in [0.5, 0.6) is 0 Å². The minimum atomic E-state index is -0.786.